The average molecular weight is 159 g/mol. The van der Waals surface area contributed by atoms with E-state index in [9.17, 15) is 14.4 Å². The van der Waals surface area contributed by atoms with Crippen molar-refractivity contribution in [1.82, 2.24) is 15.5 Å². The number of hydrogen-bond donors (Lipinski definition) is 2. The van der Waals surface area contributed by atoms with E-state index in [0.29, 0.717) is 0 Å². The zero-order chi connectivity index (χ0) is 8.85. The number of hydrogen-bond acceptors (Lipinski definition) is 3. The van der Waals surface area contributed by atoms with Gasteiger partial charge in [-0.25, -0.2) is 9.59 Å². The lowest BCUT2D eigenvalue weighted by molar-refractivity contribution is -0.108. The smallest absolute Gasteiger partial charge is 0.329 e. The Morgan fingerprint density at radius 2 is 1.91 bits per heavy atom. The van der Waals surface area contributed by atoms with E-state index >= 15 is 0 Å². The number of carbonyl (C=O) groups is 3. The van der Waals surface area contributed by atoms with Gasteiger partial charge in [0.15, 0.2) is 0 Å². The van der Waals surface area contributed by atoms with Crippen molar-refractivity contribution in [3.05, 3.63) is 0 Å². The van der Waals surface area contributed by atoms with Crippen LogP contribution in [0.3, 0.4) is 0 Å². The molecule has 0 radical (unpaired) electrons. The molecule has 6 nitrogen and oxygen atoms in total. The van der Waals surface area contributed by atoms with Crippen LogP contribution in [0.15, 0.2) is 0 Å². The second kappa shape index (κ2) is 4.26. The van der Waals surface area contributed by atoms with E-state index in [1.165, 1.54) is 19.0 Å². The minimum Gasteiger partial charge on any atom is -0.331 e. The second-order valence-electron chi connectivity index (χ2n) is 1.92. The SMILES string of the molecule is CN(C)C(=O)NC(=O)NC=O. The van der Waals surface area contributed by atoms with Crippen LogP contribution in [0.25, 0.3) is 0 Å². The third-order valence-electron chi connectivity index (χ3n) is 0.817. The minimum atomic E-state index is -0.835. The molecule has 6 heteroatoms. The van der Waals surface area contributed by atoms with Gasteiger partial charge in [-0.2, -0.15) is 0 Å². The summed E-state index contributed by atoms with van der Waals surface area (Å²) < 4.78 is 0. The van der Waals surface area contributed by atoms with Gasteiger partial charge in [0.1, 0.15) is 0 Å². The lowest BCUT2D eigenvalue weighted by Gasteiger charge is -2.09. The van der Waals surface area contributed by atoms with Crippen LogP contribution in [0, 0.1) is 0 Å². The molecule has 11 heavy (non-hydrogen) atoms. The number of nitrogens with one attached hydrogen (secondary N) is 2. The summed E-state index contributed by atoms with van der Waals surface area (Å²) >= 11 is 0. The first-order valence-corrected chi connectivity index (χ1v) is 2.80. The van der Waals surface area contributed by atoms with Gasteiger partial charge in [-0.15, -0.1) is 0 Å². The maximum absolute atomic E-state index is 10.7. The molecule has 0 aliphatic carbocycles. The standard InChI is InChI=1S/C5H9N3O3/c1-8(2)5(11)7-4(10)6-3-9/h3H,1-2H3,(H2,6,7,9,10,11). The molecule has 0 bridgehead atoms. The summed E-state index contributed by atoms with van der Waals surface area (Å²) in [6.45, 7) is 0. The van der Waals surface area contributed by atoms with Crippen LogP contribution >= 0.6 is 0 Å². The molecule has 0 aliphatic heterocycles. The molecule has 2 N–H and O–H groups in total. The van der Waals surface area contributed by atoms with E-state index in [2.05, 4.69) is 0 Å². The Balaban J connectivity index is 3.75. The van der Waals surface area contributed by atoms with Crippen LogP contribution in [0.4, 0.5) is 9.59 Å². The topological polar surface area (TPSA) is 78.5 Å². The molecular weight excluding hydrogens is 150 g/mol. The van der Waals surface area contributed by atoms with Gasteiger partial charge in [0.2, 0.25) is 6.41 Å². The van der Waals surface area contributed by atoms with Crippen LogP contribution in [0.2, 0.25) is 0 Å². The summed E-state index contributed by atoms with van der Waals surface area (Å²) in [4.78, 5) is 32.0. The lowest BCUT2D eigenvalue weighted by Crippen LogP contribution is -2.43. The van der Waals surface area contributed by atoms with Crippen LogP contribution in [0.1, 0.15) is 0 Å². The average Bonchev–Trinajstić information content (AvgIpc) is 1.87. The number of amides is 5. The van der Waals surface area contributed by atoms with Crippen LogP contribution in [-0.4, -0.2) is 37.5 Å². The van der Waals surface area contributed by atoms with E-state index in [1.807, 2.05) is 5.32 Å². The molecule has 0 spiro atoms. The molecule has 0 saturated heterocycles. The molecule has 0 atom stereocenters. The van der Waals surface area contributed by atoms with E-state index in [4.69, 9.17) is 0 Å². The summed E-state index contributed by atoms with van der Waals surface area (Å²) in [6, 6.07) is -1.41. The van der Waals surface area contributed by atoms with Gasteiger partial charge in [0.25, 0.3) is 0 Å². The van der Waals surface area contributed by atoms with Crippen molar-refractivity contribution in [3.8, 4) is 0 Å². The van der Waals surface area contributed by atoms with Gasteiger partial charge in [-0.05, 0) is 0 Å². The number of imide groups is 2. The normalized spacial score (nSPS) is 8.18. The maximum Gasteiger partial charge on any atom is 0.329 e. The highest BCUT2D eigenvalue weighted by molar-refractivity contribution is 5.96. The first-order valence-electron chi connectivity index (χ1n) is 2.80. The van der Waals surface area contributed by atoms with E-state index in [-0.39, 0.29) is 6.41 Å². The first-order chi connectivity index (χ1) is 5.07. The number of nitrogens with zero attached hydrogens (tertiary/aromatic N) is 1. The fourth-order valence-electron chi connectivity index (χ4n) is 0.299. The van der Waals surface area contributed by atoms with E-state index < -0.39 is 12.1 Å². The quantitative estimate of drug-likeness (QED) is 0.488. The largest absolute Gasteiger partial charge is 0.331 e. The van der Waals surface area contributed by atoms with Gasteiger partial charge in [0, 0.05) is 14.1 Å². The van der Waals surface area contributed by atoms with Crippen molar-refractivity contribution >= 4 is 18.5 Å². The summed E-state index contributed by atoms with van der Waals surface area (Å²) in [5.41, 5.74) is 0. The van der Waals surface area contributed by atoms with Crippen molar-refractivity contribution in [2.24, 2.45) is 0 Å². The molecule has 0 saturated carbocycles. The molecule has 62 valence electrons. The van der Waals surface area contributed by atoms with E-state index in [1.54, 1.807) is 5.32 Å². The maximum atomic E-state index is 10.7. The molecule has 0 unspecified atom stereocenters. The molecule has 0 rings (SSSR count). The predicted octanol–water partition coefficient (Wildman–Crippen LogP) is -0.876. The highest BCUT2D eigenvalue weighted by Crippen LogP contribution is 1.75. The van der Waals surface area contributed by atoms with Gasteiger partial charge < -0.3 is 4.90 Å². The molecular formula is C5H9N3O3. The van der Waals surface area contributed by atoms with Gasteiger partial charge in [-0.1, -0.05) is 0 Å². The van der Waals surface area contributed by atoms with Crippen molar-refractivity contribution in [1.29, 1.82) is 0 Å². The number of carbonyl (C=O) groups excluding carboxylic acids is 3. The molecule has 0 aromatic carbocycles. The van der Waals surface area contributed by atoms with Crippen LogP contribution < -0.4 is 10.6 Å². The Hall–Kier alpha value is -1.59. The minimum absolute atomic E-state index is 0.193. The van der Waals surface area contributed by atoms with Crippen molar-refractivity contribution in [3.63, 3.8) is 0 Å². The van der Waals surface area contributed by atoms with Gasteiger partial charge in [-0.3, -0.25) is 15.4 Å². The summed E-state index contributed by atoms with van der Waals surface area (Å²) in [5, 5.41) is 3.64. The third kappa shape index (κ3) is 3.90. The van der Waals surface area contributed by atoms with Crippen LogP contribution in [-0.2, 0) is 4.79 Å². The van der Waals surface area contributed by atoms with Crippen molar-refractivity contribution < 1.29 is 14.4 Å². The van der Waals surface area contributed by atoms with E-state index in [0.717, 1.165) is 0 Å². The fraction of sp³-hybridized carbons (Fsp3) is 0.400. The summed E-state index contributed by atoms with van der Waals surface area (Å²) in [6.07, 6.45) is 0.193. The Morgan fingerprint density at radius 1 is 1.36 bits per heavy atom. The Morgan fingerprint density at radius 3 is 2.27 bits per heavy atom. The lowest BCUT2D eigenvalue weighted by atomic mass is 10.8. The van der Waals surface area contributed by atoms with Crippen molar-refractivity contribution in [2.75, 3.05) is 14.1 Å². The molecule has 0 fully saturated rings. The molecule has 0 aromatic rings. The Bertz CT molecular complexity index is 178. The molecule has 0 heterocycles. The Kier molecular flexibility index (Phi) is 3.65. The molecule has 5 amide bonds. The number of urea groups is 2. The molecule has 0 aliphatic rings. The Labute approximate surface area is 63.5 Å². The molecule has 0 aromatic heterocycles. The summed E-state index contributed by atoms with van der Waals surface area (Å²) in [7, 11) is 2.95. The summed E-state index contributed by atoms with van der Waals surface area (Å²) in [5.74, 6) is 0. The van der Waals surface area contributed by atoms with Crippen molar-refractivity contribution in [2.45, 2.75) is 0 Å². The number of rotatable bonds is 1. The zero-order valence-corrected chi connectivity index (χ0v) is 6.25. The predicted molar refractivity (Wildman–Crippen MR) is 36.8 cm³/mol. The highest BCUT2D eigenvalue weighted by Gasteiger charge is 2.06. The zero-order valence-electron chi connectivity index (χ0n) is 6.25. The van der Waals surface area contributed by atoms with Gasteiger partial charge >= 0.3 is 12.1 Å². The second-order valence-corrected chi connectivity index (χ2v) is 1.92. The fourth-order valence-corrected chi connectivity index (χ4v) is 0.299. The highest BCUT2D eigenvalue weighted by atomic mass is 16.2. The monoisotopic (exact) mass is 159 g/mol. The third-order valence-corrected chi connectivity index (χ3v) is 0.817. The van der Waals surface area contributed by atoms with Crippen LogP contribution in [0.5, 0.6) is 0 Å². The first kappa shape index (κ1) is 9.41. The van der Waals surface area contributed by atoms with Gasteiger partial charge in [0.05, 0.1) is 0 Å².